The molecule has 0 atom stereocenters. The zero-order chi connectivity index (χ0) is 19.3. The van der Waals surface area contributed by atoms with E-state index in [1.807, 2.05) is 42.5 Å². The fourth-order valence-corrected chi connectivity index (χ4v) is 2.98. The largest absolute Gasteiger partial charge is 0.489 e. The van der Waals surface area contributed by atoms with E-state index in [0.717, 1.165) is 11.3 Å². The summed E-state index contributed by atoms with van der Waals surface area (Å²) in [6.07, 6.45) is 0. The predicted octanol–water partition coefficient (Wildman–Crippen LogP) is 3.55. The molecule has 0 spiro atoms. The summed E-state index contributed by atoms with van der Waals surface area (Å²) in [4.78, 5) is 27.2. The minimum Gasteiger partial charge on any atom is -0.489 e. The molecule has 6 heteroatoms. The first kappa shape index (κ1) is 17.6. The summed E-state index contributed by atoms with van der Waals surface area (Å²) >= 11 is 0. The summed E-state index contributed by atoms with van der Waals surface area (Å²) in [5, 5.41) is 2.81. The molecule has 1 amide bonds. The van der Waals surface area contributed by atoms with E-state index >= 15 is 0 Å². The van der Waals surface area contributed by atoms with Crippen molar-refractivity contribution in [1.29, 1.82) is 0 Å². The van der Waals surface area contributed by atoms with Gasteiger partial charge in [0.25, 0.3) is 0 Å². The van der Waals surface area contributed by atoms with Gasteiger partial charge < -0.3 is 15.0 Å². The Kier molecular flexibility index (Phi) is 4.93. The maximum Gasteiger partial charge on any atom is 0.326 e. The molecule has 140 valence electrons. The zero-order valence-electron chi connectivity index (χ0n) is 15.1. The highest BCUT2D eigenvalue weighted by Gasteiger charge is 2.10. The lowest BCUT2D eigenvalue weighted by Gasteiger charge is -2.09. The van der Waals surface area contributed by atoms with E-state index in [9.17, 15) is 9.59 Å². The summed E-state index contributed by atoms with van der Waals surface area (Å²) in [7, 11) is 0. The van der Waals surface area contributed by atoms with E-state index < -0.39 is 0 Å². The van der Waals surface area contributed by atoms with E-state index in [1.165, 1.54) is 4.57 Å². The molecule has 0 saturated carbocycles. The molecule has 1 heterocycles. The Hall–Kier alpha value is -3.80. The lowest BCUT2D eigenvalue weighted by atomic mass is 10.2. The van der Waals surface area contributed by atoms with E-state index in [1.54, 1.807) is 36.4 Å². The number of hydrogen-bond donors (Lipinski definition) is 2. The Morgan fingerprint density at radius 2 is 1.64 bits per heavy atom. The average molecular weight is 373 g/mol. The summed E-state index contributed by atoms with van der Waals surface area (Å²) in [5.74, 6) is 0.444. The van der Waals surface area contributed by atoms with Crippen LogP contribution in [0.5, 0.6) is 5.75 Å². The molecule has 3 aromatic carbocycles. The van der Waals surface area contributed by atoms with E-state index in [-0.39, 0.29) is 18.1 Å². The second-order valence-electron chi connectivity index (χ2n) is 6.38. The van der Waals surface area contributed by atoms with Crippen molar-refractivity contribution in [3.05, 3.63) is 94.9 Å². The second kappa shape index (κ2) is 7.84. The fourth-order valence-electron chi connectivity index (χ4n) is 2.98. The van der Waals surface area contributed by atoms with Gasteiger partial charge in [-0.15, -0.1) is 0 Å². The van der Waals surface area contributed by atoms with Crippen molar-refractivity contribution >= 4 is 22.6 Å². The standard InChI is InChI=1S/C22H19N3O3/c26-21(14-25-20-9-5-4-8-19(20)24-22(25)27)23-17-10-12-18(13-11-17)28-15-16-6-2-1-3-7-16/h1-13H,14-15H2,(H,23,26)(H,24,27). The van der Waals surface area contributed by atoms with Gasteiger partial charge in [-0.3, -0.25) is 9.36 Å². The Bertz CT molecular complexity index is 1150. The topological polar surface area (TPSA) is 76.1 Å². The number of nitrogens with zero attached hydrogens (tertiary/aromatic N) is 1. The molecule has 4 aromatic rings. The van der Waals surface area contributed by atoms with Crippen LogP contribution in [0.1, 0.15) is 5.56 Å². The monoisotopic (exact) mass is 373 g/mol. The summed E-state index contributed by atoms with van der Waals surface area (Å²) in [5.41, 5.74) is 2.84. The molecule has 0 aliphatic rings. The number of hydrogen-bond acceptors (Lipinski definition) is 3. The van der Waals surface area contributed by atoms with Crippen LogP contribution < -0.4 is 15.7 Å². The Labute approximate surface area is 161 Å². The molecule has 4 rings (SSSR count). The van der Waals surface area contributed by atoms with Crippen molar-refractivity contribution in [2.45, 2.75) is 13.2 Å². The maximum absolute atomic E-state index is 12.4. The zero-order valence-corrected chi connectivity index (χ0v) is 15.1. The molecular formula is C22H19N3O3. The Morgan fingerprint density at radius 1 is 0.929 bits per heavy atom. The molecule has 0 fully saturated rings. The van der Waals surface area contributed by atoms with Crippen molar-refractivity contribution in [1.82, 2.24) is 9.55 Å². The first-order valence-corrected chi connectivity index (χ1v) is 8.93. The number of imidazole rings is 1. The van der Waals surface area contributed by atoms with Gasteiger partial charge in [0, 0.05) is 5.69 Å². The number of H-pyrrole nitrogens is 1. The fraction of sp³-hybridized carbons (Fsp3) is 0.0909. The van der Waals surface area contributed by atoms with Gasteiger partial charge in [-0.1, -0.05) is 42.5 Å². The highest BCUT2D eigenvalue weighted by Crippen LogP contribution is 2.17. The highest BCUT2D eigenvalue weighted by atomic mass is 16.5. The maximum atomic E-state index is 12.4. The van der Waals surface area contributed by atoms with Crippen LogP contribution in [0.4, 0.5) is 5.69 Å². The molecule has 0 unspecified atom stereocenters. The number of ether oxygens (including phenoxy) is 1. The first-order valence-electron chi connectivity index (χ1n) is 8.93. The minimum absolute atomic E-state index is 0.0604. The van der Waals surface area contributed by atoms with Gasteiger partial charge in [-0.05, 0) is 42.0 Å². The average Bonchev–Trinajstić information content (AvgIpc) is 3.03. The SMILES string of the molecule is O=C(Cn1c(=O)[nH]c2ccccc21)Nc1ccc(OCc2ccccc2)cc1. The number of carbonyl (C=O) groups is 1. The van der Waals surface area contributed by atoms with Gasteiger partial charge in [0.2, 0.25) is 5.91 Å². The quantitative estimate of drug-likeness (QED) is 0.543. The van der Waals surface area contributed by atoms with E-state index in [4.69, 9.17) is 4.74 Å². The number of carbonyl (C=O) groups excluding carboxylic acids is 1. The van der Waals surface area contributed by atoms with Gasteiger partial charge in [0.1, 0.15) is 18.9 Å². The number of amides is 1. The predicted molar refractivity (Wildman–Crippen MR) is 108 cm³/mol. The van der Waals surface area contributed by atoms with Crippen LogP contribution in [0.25, 0.3) is 11.0 Å². The second-order valence-corrected chi connectivity index (χ2v) is 6.38. The number of nitrogens with one attached hydrogen (secondary N) is 2. The van der Waals surface area contributed by atoms with Crippen LogP contribution in [0, 0.1) is 0 Å². The molecular weight excluding hydrogens is 354 g/mol. The minimum atomic E-state index is -0.305. The number of aromatic nitrogens is 2. The molecule has 6 nitrogen and oxygen atoms in total. The van der Waals surface area contributed by atoms with Crippen LogP contribution in [-0.4, -0.2) is 15.5 Å². The van der Waals surface area contributed by atoms with Crippen LogP contribution in [0.15, 0.2) is 83.7 Å². The number of fused-ring (bicyclic) bond motifs is 1. The molecule has 0 aliphatic heterocycles. The summed E-state index contributed by atoms with van der Waals surface area (Å²) in [6, 6.07) is 24.3. The van der Waals surface area contributed by atoms with Crippen molar-refractivity contribution in [2.24, 2.45) is 0 Å². The van der Waals surface area contributed by atoms with Gasteiger partial charge >= 0.3 is 5.69 Å². The third-order valence-corrected chi connectivity index (χ3v) is 4.37. The summed E-state index contributed by atoms with van der Waals surface area (Å²) < 4.78 is 7.16. The number of rotatable bonds is 6. The third-order valence-electron chi connectivity index (χ3n) is 4.37. The normalized spacial score (nSPS) is 10.7. The lowest BCUT2D eigenvalue weighted by Crippen LogP contribution is -2.25. The van der Waals surface area contributed by atoms with Crippen LogP contribution in [0.2, 0.25) is 0 Å². The number of anilines is 1. The molecule has 0 radical (unpaired) electrons. The first-order chi connectivity index (χ1) is 13.7. The molecule has 0 aliphatic carbocycles. The van der Waals surface area contributed by atoms with Crippen molar-refractivity contribution in [3.63, 3.8) is 0 Å². The summed E-state index contributed by atoms with van der Waals surface area (Å²) in [6.45, 7) is 0.422. The third kappa shape index (κ3) is 3.96. The Balaban J connectivity index is 1.38. The molecule has 0 bridgehead atoms. The number of para-hydroxylation sites is 2. The highest BCUT2D eigenvalue weighted by molar-refractivity contribution is 5.91. The molecule has 1 aromatic heterocycles. The lowest BCUT2D eigenvalue weighted by molar-refractivity contribution is -0.116. The Morgan fingerprint density at radius 3 is 2.43 bits per heavy atom. The number of aromatic amines is 1. The van der Waals surface area contributed by atoms with Crippen molar-refractivity contribution in [3.8, 4) is 5.75 Å². The number of benzene rings is 3. The van der Waals surface area contributed by atoms with Crippen LogP contribution in [0.3, 0.4) is 0 Å². The van der Waals surface area contributed by atoms with E-state index in [0.29, 0.717) is 23.3 Å². The van der Waals surface area contributed by atoms with Gasteiger partial charge in [0.15, 0.2) is 0 Å². The van der Waals surface area contributed by atoms with Crippen molar-refractivity contribution < 1.29 is 9.53 Å². The molecule has 2 N–H and O–H groups in total. The molecule has 28 heavy (non-hydrogen) atoms. The van der Waals surface area contributed by atoms with Gasteiger partial charge in [0.05, 0.1) is 11.0 Å². The van der Waals surface area contributed by atoms with Crippen LogP contribution >= 0.6 is 0 Å². The van der Waals surface area contributed by atoms with Gasteiger partial charge in [-0.25, -0.2) is 4.79 Å². The van der Waals surface area contributed by atoms with Crippen molar-refractivity contribution in [2.75, 3.05) is 5.32 Å². The van der Waals surface area contributed by atoms with Crippen LogP contribution in [-0.2, 0) is 17.9 Å². The van der Waals surface area contributed by atoms with E-state index in [2.05, 4.69) is 10.3 Å². The molecule has 0 saturated heterocycles. The smallest absolute Gasteiger partial charge is 0.326 e. The van der Waals surface area contributed by atoms with Gasteiger partial charge in [-0.2, -0.15) is 0 Å².